The molecule has 0 aliphatic carbocycles. The second-order valence-corrected chi connectivity index (χ2v) is 5.77. The maximum Gasteiger partial charge on any atom is 0.241 e. The first kappa shape index (κ1) is 17.5. The van der Waals surface area contributed by atoms with Crippen LogP contribution in [0.15, 0.2) is 47.6 Å². The number of aryl methyl sites for hydroxylation is 2. The number of nitrogens with zero attached hydrogens (tertiary/aromatic N) is 3. The Balaban J connectivity index is 1.58. The van der Waals surface area contributed by atoms with E-state index in [0.717, 1.165) is 16.9 Å². The molecule has 2 N–H and O–H groups in total. The van der Waals surface area contributed by atoms with Gasteiger partial charge in [0, 0.05) is 13.0 Å². The van der Waals surface area contributed by atoms with E-state index in [4.69, 9.17) is 4.74 Å². The van der Waals surface area contributed by atoms with E-state index >= 15 is 0 Å². The van der Waals surface area contributed by atoms with Crippen LogP contribution in [0.1, 0.15) is 17.8 Å². The van der Waals surface area contributed by atoms with Gasteiger partial charge in [-0.1, -0.05) is 12.1 Å². The van der Waals surface area contributed by atoms with Gasteiger partial charge < -0.3 is 14.4 Å². The zero-order valence-corrected chi connectivity index (χ0v) is 14.6. The maximum atomic E-state index is 12.0. The smallest absolute Gasteiger partial charge is 0.241 e. The Morgan fingerprint density at radius 3 is 2.96 bits per heavy atom. The van der Waals surface area contributed by atoms with Gasteiger partial charge in [0.25, 0.3) is 0 Å². The summed E-state index contributed by atoms with van der Waals surface area (Å²) in [6.07, 6.45) is 1.79. The molecular weight excluding hydrogens is 332 g/mol. The summed E-state index contributed by atoms with van der Waals surface area (Å²) in [5.74, 6) is 1.09. The standard InChI is InChI=1S/C19H20N4O3/c1-13-21-15-5-3-4-6-16(15)23(13)10-9-19(25)22-20-12-14-7-8-17(24)18(11-14)26-2/h3-8,11-12,24H,9-10H2,1-2H3,(H,22,25)/b20-12-. The van der Waals surface area contributed by atoms with Gasteiger partial charge in [0.1, 0.15) is 5.82 Å². The zero-order valence-electron chi connectivity index (χ0n) is 14.6. The summed E-state index contributed by atoms with van der Waals surface area (Å²) in [6.45, 7) is 2.45. The SMILES string of the molecule is COc1cc(/C=N\NC(=O)CCn2c(C)nc3ccccc32)ccc1O. The third-order valence-corrected chi connectivity index (χ3v) is 4.01. The molecule has 0 radical (unpaired) electrons. The van der Waals surface area contributed by atoms with Crippen molar-refractivity contribution in [2.24, 2.45) is 5.10 Å². The normalized spacial score (nSPS) is 11.2. The molecule has 1 amide bonds. The number of methoxy groups -OCH3 is 1. The molecule has 3 rings (SSSR count). The molecule has 0 unspecified atom stereocenters. The summed E-state index contributed by atoms with van der Waals surface area (Å²) >= 11 is 0. The fraction of sp³-hybridized carbons (Fsp3) is 0.211. The Hall–Kier alpha value is -3.35. The fourth-order valence-electron chi connectivity index (χ4n) is 2.70. The molecule has 0 aliphatic heterocycles. The quantitative estimate of drug-likeness (QED) is 0.527. The van der Waals surface area contributed by atoms with Gasteiger partial charge in [0.2, 0.25) is 5.91 Å². The summed E-state index contributed by atoms with van der Waals surface area (Å²) in [5.41, 5.74) is 5.14. The first-order valence-corrected chi connectivity index (χ1v) is 8.19. The lowest BCUT2D eigenvalue weighted by Gasteiger charge is -2.06. The van der Waals surface area contributed by atoms with E-state index in [-0.39, 0.29) is 18.1 Å². The van der Waals surface area contributed by atoms with Crippen molar-refractivity contribution in [2.75, 3.05) is 7.11 Å². The molecule has 26 heavy (non-hydrogen) atoms. The largest absolute Gasteiger partial charge is 0.504 e. The predicted molar refractivity (Wildman–Crippen MR) is 99.5 cm³/mol. The summed E-state index contributed by atoms with van der Waals surface area (Å²) in [7, 11) is 1.47. The third-order valence-electron chi connectivity index (χ3n) is 4.01. The highest BCUT2D eigenvalue weighted by atomic mass is 16.5. The average Bonchev–Trinajstić information content (AvgIpc) is 2.96. The molecule has 0 bridgehead atoms. The Bertz CT molecular complexity index is 963. The first-order chi connectivity index (χ1) is 12.6. The van der Waals surface area contributed by atoms with Gasteiger partial charge in [0.15, 0.2) is 11.5 Å². The maximum absolute atomic E-state index is 12.0. The van der Waals surface area contributed by atoms with Crippen molar-refractivity contribution in [3.63, 3.8) is 0 Å². The van der Waals surface area contributed by atoms with Crippen LogP contribution in [-0.4, -0.2) is 33.9 Å². The van der Waals surface area contributed by atoms with E-state index < -0.39 is 0 Å². The highest BCUT2D eigenvalue weighted by molar-refractivity contribution is 5.83. The highest BCUT2D eigenvalue weighted by Gasteiger charge is 2.08. The second-order valence-electron chi connectivity index (χ2n) is 5.77. The number of phenolic OH excluding ortho intramolecular Hbond substituents is 1. The number of imidazole rings is 1. The number of hydrazone groups is 1. The van der Waals surface area contributed by atoms with Crippen molar-refractivity contribution in [1.29, 1.82) is 0 Å². The number of rotatable bonds is 6. The number of para-hydroxylation sites is 2. The molecule has 0 atom stereocenters. The van der Waals surface area contributed by atoms with Crippen molar-refractivity contribution in [3.8, 4) is 11.5 Å². The van der Waals surface area contributed by atoms with Crippen molar-refractivity contribution < 1.29 is 14.6 Å². The molecule has 7 nitrogen and oxygen atoms in total. The minimum absolute atomic E-state index is 0.0524. The number of aromatic hydroxyl groups is 1. The Morgan fingerprint density at radius 2 is 2.15 bits per heavy atom. The van der Waals surface area contributed by atoms with Crippen molar-refractivity contribution in [1.82, 2.24) is 15.0 Å². The molecule has 1 aromatic heterocycles. The van der Waals surface area contributed by atoms with Crippen LogP contribution in [0.25, 0.3) is 11.0 Å². The van der Waals surface area contributed by atoms with Crippen molar-refractivity contribution >= 4 is 23.2 Å². The number of phenols is 1. The number of fused-ring (bicyclic) bond motifs is 1. The number of carbonyl (C=O) groups excluding carboxylic acids is 1. The predicted octanol–water partition coefficient (Wildman–Crippen LogP) is 2.60. The van der Waals surface area contributed by atoms with Gasteiger partial charge in [-0.25, -0.2) is 10.4 Å². The number of nitrogens with one attached hydrogen (secondary N) is 1. The Labute approximate surface area is 150 Å². The molecule has 7 heteroatoms. The Kier molecular flexibility index (Phi) is 5.17. The zero-order chi connectivity index (χ0) is 18.5. The number of aromatic nitrogens is 2. The molecular formula is C19H20N4O3. The lowest BCUT2D eigenvalue weighted by Crippen LogP contribution is -2.19. The van der Waals surface area contributed by atoms with Crippen LogP contribution < -0.4 is 10.2 Å². The molecule has 0 spiro atoms. The highest BCUT2D eigenvalue weighted by Crippen LogP contribution is 2.25. The second kappa shape index (κ2) is 7.69. The number of amides is 1. The van der Waals surface area contributed by atoms with E-state index in [2.05, 4.69) is 15.5 Å². The van der Waals surface area contributed by atoms with Crippen molar-refractivity contribution in [3.05, 3.63) is 53.9 Å². The summed E-state index contributed by atoms with van der Waals surface area (Å²) < 4.78 is 7.05. The van der Waals surface area contributed by atoms with Crippen LogP contribution in [0.5, 0.6) is 11.5 Å². The van der Waals surface area contributed by atoms with E-state index in [9.17, 15) is 9.90 Å². The van der Waals surface area contributed by atoms with Gasteiger partial charge in [-0.05, 0) is 42.8 Å². The molecule has 2 aromatic carbocycles. The Morgan fingerprint density at radius 1 is 1.35 bits per heavy atom. The molecule has 3 aromatic rings. The number of hydrogen-bond donors (Lipinski definition) is 2. The van der Waals surface area contributed by atoms with Crippen LogP contribution in [0, 0.1) is 6.92 Å². The minimum atomic E-state index is -0.191. The lowest BCUT2D eigenvalue weighted by atomic mass is 10.2. The molecule has 0 saturated carbocycles. The minimum Gasteiger partial charge on any atom is -0.504 e. The number of hydrogen-bond acceptors (Lipinski definition) is 5. The first-order valence-electron chi connectivity index (χ1n) is 8.19. The van der Waals surface area contributed by atoms with Crippen LogP contribution in [0.4, 0.5) is 0 Å². The lowest BCUT2D eigenvalue weighted by molar-refractivity contribution is -0.121. The number of ether oxygens (including phenoxy) is 1. The molecule has 1 heterocycles. The third kappa shape index (κ3) is 3.83. The molecule has 0 saturated heterocycles. The molecule has 0 aliphatic rings. The van der Waals surface area contributed by atoms with E-state index in [1.54, 1.807) is 12.1 Å². The van der Waals surface area contributed by atoms with Gasteiger partial charge in [-0.3, -0.25) is 4.79 Å². The van der Waals surface area contributed by atoms with Crippen LogP contribution in [0.2, 0.25) is 0 Å². The van der Waals surface area contributed by atoms with Gasteiger partial charge >= 0.3 is 0 Å². The molecule has 0 fully saturated rings. The number of carbonyl (C=O) groups is 1. The van der Waals surface area contributed by atoms with E-state index in [0.29, 0.717) is 17.9 Å². The number of benzene rings is 2. The monoisotopic (exact) mass is 352 g/mol. The van der Waals surface area contributed by atoms with Crippen LogP contribution >= 0.6 is 0 Å². The van der Waals surface area contributed by atoms with Crippen LogP contribution in [0.3, 0.4) is 0 Å². The van der Waals surface area contributed by atoms with E-state index in [1.165, 1.54) is 19.4 Å². The van der Waals surface area contributed by atoms with Gasteiger partial charge in [-0.15, -0.1) is 0 Å². The van der Waals surface area contributed by atoms with E-state index in [1.807, 2.05) is 35.8 Å². The topological polar surface area (TPSA) is 88.7 Å². The summed E-state index contributed by atoms with van der Waals surface area (Å²) in [5, 5.41) is 13.5. The van der Waals surface area contributed by atoms with Gasteiger partial charge in [0.05, 0.1) is 24.4 Å². The van der Waals surface area contributed by atoms with Crippen molar-refractivity contribution in [2.45, 2.75) is 19.9 Å². The fourth-order valence-corrected chi connectivity index (χ4v) is 2.70. The summed E-state index contributed by atoms with van der Waals surface area (Å²) in [6, 6.07) is 12.7. The average molecular weight is 352 g/mol. The molecule has 134 valence electrons. The summed E-state index contributed by atoms with van der Waals surface area (Å²) in [4.78, 5) is 16.5. The van der Waals surface area contributed by atoms with Crippen LogP contribution in [-0.2, 0) is 11.3 Å². The van der Waals surface area contributed by atoms with Gasteiger partial charge in [-0.2, -0.15) is 5.10 Å².